The molecule has 2 rings (SSSR count). The molecule has 32 heavy (non-hydrogen) atoms. The molecule has 1 atom stereocenters. The van der Waals surface area contributed by atoms with Crippen molar-refractivity contribution in [2.45, 2.75) is 50.7 Å². The van der Waals surface area contributed by atoms with Crippen molar-refractivity contribution < 1.29 is 40.6 Å². The zero-order valence-corrected chi connectivity index (χ0v) is 17.8. The second-order valence-corrected chi connectivity index (χ2v) is 8.30. The Bertz CT molecular complexity index is 850. The van der Waals surface area contributed by atoms with Crippen molar-refractivity contribution in [3.05, 3.63) is 71.3 Å². The van der Waals surface area contributed by atoms with Crippen molar-refractivity contribution in [3.8, 4) is 0 Å². The summed E-state index contributed by atoms with van der Waals surface area (Å²) in [5.41, 5.74) is 0.905. The second-order valence-electron chi connectivity index (χ2n) is 8.30. The molecule has 0 heterocycles. The predicted molar refractivity (Wildman–Crippen MR) is 106 cm³/mol. The second kappa shape index (κ2) is 10.0. The summed E-state index contributed by atoms with van der Waals surface area (Å²) in [5, 5.41) is 0. The predicted octanol–water partition coefficient (Wildman–Crippen LogP) is 6.43. The molecule has 9 heteroatoms. The highest BCUT2D eigenvalue weighted by atomic mass is 19.4. The number of hydrogen-bond acceptors (Lipinski definition) is 3. The quantitative estimate of drug-likeness (QED) is 0.258. The molecule has 0 aromatic heterocycles. The molecular formula is C23H24F6O3. The normalized spacial score (nSPS) is 13.9. The van der Waals surface area contributed by atoms with E-state index >= 15 is 0 Å². The van der Waals surface area contributed by atoms with Crippen LogP contribution in [0.15, 0.2) is 54.6 Å². The number of ketones is 1. The van der Waals surface area contributed by atoms with Gasteiger partial charge in [0.2, 0.25) is 0 Å². The highest BCUT2D eigenvalue weighted by Crippen LogP contribution is 2.32. The Morgan fingerprint density at radius 1 is 0.781 bits per heavy atom. The van der Waals surface area contributed by atoms with E-state index in [-0.39, 0.29) is 16.5 Å². The average Bonchev–Trinajstić information content (AvgIpc) is 2.68. The number of Topliss-reactive ketones (excluding diaryl/α,β-unsaturated/α-hetero) is 1. The first kappa shape index (κ1) is 25.9. The number of carbonyl (C=O) groups is 1. The van der Waals surface area contributed by atoms with Crippen LogP contribution in [-0.2, 0) is 14.9 Å². The van der Waals surface area contributed by atoms with Gasteiger partial charge in [0.15, 0.2) is 12.1 Å². The van der Waals surface area contributed by atoms with Gasteiger partial charge in [-0.05, 0) is 16.5 Å². The summed E-state index contributed by atoms with van der Waals surface area (Å²) in [5.74, 6) is -2.26. The van der Waals surface area contributed by atoms with Crippen LogP contribution in [-0.4, -0.2) is 37.6 Å². The lowest BCUT2D eigenvalue weighted by atomic mass is 9.84. The van der Waals surface area contributed by atoms with Crippen LogP contribution >= 0.6 is 0 Å². The molecule has 0 N–H and O–H groups in total. The maximum atomic E-state index is 13.2. The van der Waals surface area contributed by atoms with Gasteiger partial charge < -0.3 is 9.47 Å². The molecule has 176 valence electrons. The first-order valence-electron chi connectivity index (χ1n) is 9.74. The van der Waals surface area contributed by atoms with Crippen molar-refractivity contribution >= 4 is 5.78 Å². The van der Waals surface area contributed by atoms with Gasteiger partial charge in [-0.15, -0.1) is 0 Å². The first-order chi connectivity index (χ1) is 14.7. The van der Waals surface area contributed by atoms with Crippen molar-refractivity contribution in [2.75, 3.05) is 13.2 Å². The molecule has 2 aromatic carbocycles. The van der Waals surface area contributed by atoms with Gasteiger partial charge in [0, 0.05) is 5.56 Å². The number of hydrogen-bond donors (Lipinski definition) is 0. The number of halogens is 6. The van der Waals surface area contributed by atoms with E-state index in [1.54, 1.807) is 18.2 Å². The topological polar surface area (TPSA) is 35.5 Å². The van der Waals surface area contributed by atoms with Gasteiger partial charge in [0.1, 0.15) is 13.2 Å². The lowest BCUT2D eigenvalue weighted by Crippen LogP contribution is -2.37. The van der Waals surface area contributed by atoms with E-state index in [0.717, 1.165) is 5.56 Å². The van der Waals surface area contributed by atoms with Gasteiger partial charge in [-0.25, -0.2) is 0 Å². The summed E-state index contributed by atoms with van der Waals surface area (Å²) in [6, 6.07) is 13.9. The Morgan fingerprint density at radius 2 is 1.25 bits per heavy atom. The number of rotatable bonds is 8. The van der Waals surface area contributed by atoms with E-state index in [1.165, 1.54) is 36.4 Å². The van der Waals surface area contributed by atoms with Gasteiger partial charge >= 0.3 is 12.4 Å². The molecule has 0 saturated heterocycles. The lowest BCUT2D eigenvalue weighted by molar-refractivity contribution is -0.261. The molecule has 1 unspecified atom stereocenters. The molecule has 0 radical (unpaired) electrons. The Kier molecular flexibility index (Phi) is 8.12. The summed E-state index contributed by atoms with van der Waals surface area (Å²) >= 11 is 0. The van der Waals surface area contributed by atoms with Crippen LogP contribution in [0.1, 0.15) is 48.2 Å². The van der Waals surface area contributed by atoms with Crippen LogP contribution < -0.4 is 0 Å². The third-order valence-electron chi connectivity index (χ3n) is 4.57. The molecule has 0 aliphatic heterocycles. The third kappa shape index (κ3) is 7.94. The SMILES string of the molecule is CC(C)(C)c1ccc(C(C(=O)c2ccccc2)C(OCC(F)(F)F)OCC(F)(F)F)cc1. The number of alkyl halides is 6. The zero-order chi connectivity index (χ0) is 24.2. The van der Waals surface area contributed by atoms with Gasteiger partial charge in [0.05, 0.1) is 5.92 Å². The van der Waals surface area contributed by atoms with Crippen molar-refractivity contribution in [1.29, 1.82) is 0 Å². The number of ether oxygens (including phenoxy) is 2. The van der Waals surface area contributed by atoms with E-state index in [0.29, 0.717) is 0 Å². The van der Waals surface area contributed by atoms with E-state index in [1.807, 2.05) is 20.8 Å². The molecule has 0 aliphatic rings. The summed E-state index contributed by atoms with van der Waals surface area (Å²) in [6.07, 6.45) is -11.8. The van der Waals surface area contributed by atoms with E-state index in [4.69, 9.17) is 9.47 Å². The lowest BCUT2D eigenvalue weighted by Gasteiger charge is -2.28. The summed E-state index contributed by atoms with van der Waals surface area (Å²) in [7, 11) is 0. The standard InChI is InChI=1S/C23H24F6O3/c1-21(2,3)17-11-9-15(10-12-17)18(19(30)16-7-5-4-6-8-16)20(31-13-22(24,25)26)32-14-23(27,28)29/h4-12,18,20H,13-14H2,1-3H3. The molecule has 2 aromatic rings. The van der Waals surface area contributed by atoms with E-state index in [2.05, 4.69) is 0 Å². The smallest absolute Gasteiger partial charge is 0.342 e. The minimum Gasteiger partial charge on any atom is -0.342 e. The Balaban J connectivity index is 2.49. The van der Waals surface area contributed by atoms with E-state index in [9.17, 15) is 31.1 Å². The van der Waals surface area contributed by atoms with Crippen LogP contribution in [0.25, 0.3) is 0 Å². The Labute approximate surface area is 182 Å². The number of benzene rings is 2. The van der Waals surface area contributed by atoms with Gasteiger partial charge in [-0.3, -0.25) is 4.79 Å². The van der Waals surface area contributed by atoms with Crippen LogP contribution in [0.2, 0.25) is 0 Å². The van der Waals surface area contributed by atoms with Crippen LogP contribution in [0.5, 0.6) is 0 Å². The van der Waals surface area contributed by atoms with Gasteiger partial charge in [0.25, 0.3) is 0 Å². The molecule has 0 saturated carbocycles. The minimum absolute atomic E-state index is 0.105. The molecule has 3 nitrogen and oxygen atoms in total. The fraction of sp³-hybridized carbons (Fsp3) is 0.435. The summed E-state index contributed by atoms with van der Waals surface area (Å²) in [4.78, 5) is 13.2. The van der Waals surface area contributed by atoms with Crippen molar-refractivity contribution in [1.82, 2.24) is 0 Å². The third-order valence-corrected chi connectivity index (χ3v) is 4.57. The van der Waals surface area contributed by atoms with E-state index < -0.39 is 43.6 Å². The molecule has 0 fully saturated rings. The van der Waals surface area contributed by atoms with Crippen LogP contribution in [0.4, 0.5) is 26.3 Å². The van der Waals surface area contributed by atoms with Gasteiger partial charge in [-0.1, -0.05) is 75.4 Å². The Hall–Kier alpha value is -2.39. The summed E-state index contributed by atoms with van der Waals surface area (Å²) < 4.78 is 86.0. The minimum atomic E-state index is -4.82. The molecule has 0 amide bonds. The summed E-state index contributed by atoms with van der Waals surface area (Å²) in [6.45, 7) is 2.09. The highest BCUT2D eigenvalue weighted by Gasteiger charge is 2.39. The highest BCUT2D eigenvalue weighted by molar-refractivity contribution is 6.01. The van der Waals surface area contributed by atoms with Crippen molar-refractivity contribution in [3.63, 3.8) is 0 Å². The van der Waals surface area contributed by atoms with Crippen LogP contribution in [0.3, 0.4) is 0 Å². The molecular weight excluding hydrogens is 438 g/mol. The maximum absolute atomic E-state index is 13.2. The fourth-order valence-corrected chi connectivity index (χ4v) is 3.00. The van der Waals surface area contributed by atoms with Gasteiger partial charge in [-0.2, -0.15) is 26.3 Å². The fourth-order valence-electron chi connectivity index (χ4n) is 3.00. The zero-order valence-electron chi connectivity index (χ0n) is 17.8. The first-order valence-corrected chi connectivity index (χ1v) is 9.74. The largest absolute Gasteiger partial charge is 0.411 e. The maximum Gasteiger partial charge on any atom is 0.411 e. The molecule has 0 aliphatic carbocycles. The van der Waals surface area contributed by atoms with Crippen LogP contribution in [0, 0.1) is 0 Å². The Morgan fingerprint density at radius 3 is 1.66 bits per heavy atom. The molecule has 0 spiro atoms. The average molecular weight is 462 g/mol. The molecule has 0 bridgehead atoms. The number of carbonyl (C=O) groups excluding carboxylic acids is 1. The van der Waals surface area contributed by atoms with Crippen molar-refractivity contribution in [2.24, 2.45) is 0 Å². The monoisotopic (exact) mass is 462 g/mol.